The highest BCUT2D eigenvalue weighted by Crippen LogP contribution is 2.30. The Morgan fingerprint density at radius 3 is 2.48 bits per heavy atom. The zero-order valence-corrected chi connectivity index (χ0v) is 20.3. The Morgan fingerprint density at radius 2 is 1.81 bits per heavy atom. The van der Waals surface area contributed by atoms with Gasteiger partial charge in [-0.25, -0.2) is 4.79 Å². The van der Waals surface area contributed by atoms with Gasteiger partial charge >= 0.3 is 6.03 Å². The van der Waals surface area contributed by atoms with Crippen molar-refractivity contribution in [3.8, 4) is 5.75 Å². The molecule has 0 unspecified atom stereocenters. The van der Waals surface area contributed by atoms with Crippen LogP contribution in [0.25, 0.3) is 6.08 Å². The number of halogens is 2. The first-order valence-corrected chi connectivity index (χ1v) is 11.9. The summed E-state index contributed by atoms with van der Waals surface area (Å²) in [5.74, 6) is -0.543. The van der Waals surface area contributed by atoms with Gasteiger partial charge in [-0.1, -0.05) is 31.0 Å². The maximum Gasteiger partial charge on any atom is 0.331 e. The predicted octanol–water partition coefficient (Wildman–Crippen LogP) is 5.04. The van der Waals surface area contributed by atoms with Crippen molar-refractivity contribution < 1.29 is 19.1 Å². The molecule has 2 aromatic rings. The number of benzene rings is 2. The first-order valence-electron chi connectivity index (χ1n) is 10.00. The maximum atomic E-state index is 12.9. The largest absolute Gasteiger partial charge is 0.488 e. The highest BCUT2D eigenvalue weighted by molar-refractivity contribution is 14.1. The smallest absolute Gasteiger partial charge is 0.331 e. The van der Waals surface area contributed by atoms with Crippen LogP contribution in [0.1, 0.15) is 36.8 Å². The Bertz CT molecular complexity index is 1060. The van der Waals surface area contributed by atoms with Crippen molar-refractivity contribution >= 4 is 62.4 Å². The summed E-state index contributed by atoms with van der Waals surface area (Å²) in [5, 5.41) is 2.30. The zero-order valence-electron chi connectivity index (χ0n) is 16.6. The molecular formula is C23H20BrIN2O4. The van der Waals surface area contributed by atoms with E-state index in [1.165, 1.54) is 11.0 Å². The van der Waals surface area contributed by atoms with E-state index in [4.69, 9.17) is 4.74 Å². The fraction of sp³-hybridized carbons (Fsp3) is 0.261. The van der Waals surface area contributed by atoms with Crippen molar-refractivity contribution in [2.24, 2.45) is 0 Å². The Balaban J connectivity index is 1.51. The molecule has 6 nitrogen and oxygen atoms in total. The fourth-order valence-corrected chi connectivity index (χ4v) is 4.67. The average molecular weight is 595 g/mol. The summed E-state index contributed by atoms with van der Waals surface area (Å²) in [7, 11) is 0. The van der Waals surface area contributed by atoms with E-state index in [0.717, 1.165) is 34.8 Å². The molecule has 1 saturated heterocycles. The quantitative estimate of drug-likeness (QED) is 0.299. The molecule has 1 saturated carbocycles. The molecule has 0 spiro atoms. The van der Waals surface area contributed by atoms with E-state index < -0.39 is 17.8 Å². The number of nitrogens with zero attached hydrogens (tertiary/aromatic N) is 1. The van der Waals surface area contributed by atoms with Gasteiger partial charge in [0.1, 0.15) is 17.9 Å². The fourth-order valence-electron chi connectivity index (χ4n) is 3.80. The molecule has 0 atom stereocenters. The molecule has 31 heavy (non-hydrogen) atoms. The normalized spacial score (nSPS) is 18.6. The van der Waals surface area contributed by atoms with Gasteiger partial charge in [-0.15, -0.1) is 0 Å². The molecule has 4 amide bonds. The van der Waals surface area contributed by atoms with Crippen LogP contribution in [0.3, 0.4) is 0 Å². The minimum atomic E-state index is -0.667. The molecule has 8 heteroatoms. The maximum absolute atomic E-state index is 12.9. The number of imide groups is 2. The predicted molar refractivity (Wildman–Crippen MR) is 128 cm³/mol. The van der Waals surface area contributed by atoms with Crippen molar-refractivity contribution in [1.29, 1.82) is 0 Å². The second kappa shape index (κ2) is 9.52. The third kappa shape index (κ3) is 5.01. The molecule has 2 aliphatic rings. The number of amides is 4. The van der Waals surface area contributed by atoms with E-state index >= 15 is 0 Å². The third-order valence-electron chi connectivity index (χ3n) is 5.40. The molecule has 2 aromatic carbocycles. The first kappa shape index (κ1) is 22.0. The van der Waals surface area contributed by atoms with E-state index in [0.29, 0.717) is 22.4 Å². The van der Waals surface area contributed by atoms with Crippen LogP contribution in [0.4, 0.5) is 4.79 Å². The molecular weight excluding hydrogens is 575 g/mol. The molecule has 2 fully saturated rings. The summed E-state index contributed by atoms with van der Waals surface area (Å²) in [6, 6.07) is 12.6. The van der Waals surface area contributed by atoms with Crippen LogP contribution in [0.15, 0.2) is 52.5 Å². The summed E-state index contributed by atoms with van der Waals surface area (Å²) < 4.78 is 7.75. The van der Waals surface area contributed by atoms with Gasteiger partial charge in [0, 0.05) is 9.61 Å². The molecule has 0 radical (unpaired) electrons. The van der Waals surface area contributed by atoms with Crippen molar-refractivity contribution in [3.63, 3.8) is 0 Å². The summed E-state index contributed by atoms with van der Waals surface area (Å²) in [4.78, 5) is 38.7. The molecule has 1 N–H and O–H groups in total. The molecule has 1 aliphatic carbocycles. The molecule has 160 valence electrons. The second-order valence-electron chi connectivity index (χ2n) is 7.54. The summed E-state index contributed by atoms with van der Waals surface area (Å²) in [5.41, 5.74) is 1.68. The van der Waals surface area contributed by atoms with E-state index in [1.54, 1.807) is 18.2 Å². The van der Waals surface area contributed by atoms with Gasteiger partial charge in [0.15, 0.2) is 0 Å². The standard InChI is InChI=1S/C23H20BrIN2O4/c24-19-12-15(7-10-20(19)31-13-14-5-8-16(25)9-6-14)11-18-21(28)26-23(30)27(22(18)29)17-3-1-2-4-17/h5-12,17H,1-4,13H2,(H,26,28,30)/b18-11+. The highest BCUT2D eigenvalue weighted by atomic mass is 127. The summed E-state index contributed by atoms with van der Waals surface area (Å²) in [6.07, 6.45) is 5.02. The number of nitrogens with one attached hydrogen (secondary N) is 1. The van der Waals surface area contributed by atoms with Crippen LogP contribution >= 0.6 is 38.5 Å². The zero-order chi connectivity index (χ0) is 22.0. The van der Waals surface area contributed by atoms with Crippen LogP contribution in [0, 0.1) is 3.57 Å². The Kier molecular flexibility index (Phi) is 6.76. The topological polar surface area (TPSA) is 75.7 Å². The monoisotopic (exact) mass is 594 g/mol. The Hall–Kier alpha value is -2.20. The van der Waals surface area contributed by atoms with Gasteiger partial charge in [0.05, 0.1) is 4.47 Å². The van der Waals surface area contributed by atoms with Crippen LogP contribution in [0.2, 0.25) is 0 Å². The van der Waals surface area contributed by atoms with E-state index in [2.05, 4.69) is 43.8 Å². The van der Waals surface area contributed by atoms with Crippen LogP contribution in [-0.4, -0.2) is 28.8 Å². The summed E-state index contributed by atoms with van der Waals surface area (Å²) >= 11 is 5.75. The Morgan fingerprint density at radius 1 is 1.10 bits per heavy atom. The third-order valence-corrected chi connectivity index (χ3v) is 6.74. The molecule has 1 aliphatic heterocycles. The van der Waals surface area contributed by atoms with Gasteiger partial charge in [-0.2, -0.15) is 0 Å². The van der Waals surface area contributed by atoms with Crippen molar-refractivity contribution in [2.75, 3.05) is 0 Å². The highest BCUT2D eigenvalue weighted by Gasteiger charge is 2.40. The molecule has 0 bridgehead atoms. The first-order chi connectivity index (χ1) is 14.9. The number of barbiturate groups is 1. The second-order valence-corrected chi connectivity index (χ2v) is 9.64. The number of rotatable bonds is 5. The Labute approximate surface area is 202 Å². The minimum absolute atomic E-state index is 0.0362. The van der Waals surface area contributed by atoms with Gasteiger partial charge in [-0.05, 0) is 92.8 Å². The van der Waals surface area contributed by atoms with Crippen molar-refractivity contribution in [1.82, 2.24) is 10.2 Å². The number of ether oxygens (including phenoxy) is 1. The number of hydrogen-bond acceptors (Lipinski definition) is 4. The molecule has 4 rings (SSSR count). The average Bonchev–Trinajstić information content (AvgIpc) is 3.26. The van der Waals surface area contributed by atoms with Crippen LogP contribution in [-0.2, 0) is 16.2 Å². The lowest BCUT2D eigenvalue weighted by Crippen LogP contribution is -2.57. The van der Waals surface area contributed by atoms with Crippen molar-refractivity contribution in [3.05, 3.63) is 67.2 Å². The van der Waals surface area contributed by atoms with Gasteiger partial charge in [-0.3, -0.25) is 19.8 Å². The number of carbonyl (C=O) groups is 3. The van der Waals surface area contributed by atoms with Gasteiger partial charge in [0.2, 0.25) is 0 Å². The van der Waals surface area contributed by atoms with Crippen LogP contribution in [0.5, 0.6) is 5.75 Å². The lowest BCUT2D eigenvalue weighted by molar-refractivity contribution is -0.131. The number of carbonyl (C=O) groups excluding carboxylic acids is 3. The van der Waals surface area contributed by atoms with Gasteiger partial charge < -0.3 is 4.74 Å². The van der Waals surface area contributed by atoms with E-state index in [-0.39, 0.29) is 11.6 Å². The SMILES string of the molecule is O=C1NC(=O)N(C2CCCC2)C(=O)/C1=C/c1ccc(OCc2ccc(I)cc2)c(Br)c1. The molecule has 0 aromatic heterocycles. The lowest BCUT2D eigenvalue weighted by Gasteiger charge is -2.31. The molecule has 1 heterocycles. The van der Waals surface area contributed by atoms with E-state index in [1.807, 2.05) is 24.3 Å². The van der Waals surface area contributed by atoms with Gasteiger partial charge in [0.25, 0.3) is 11.8 Å². The minimum Gasteiger partial charge on any atom is -0.488 e. The summed E-state index contributed by atoms with van der Waals surface area (Å²) in [6.45, 7) is 0.426. The van der Waals surface area contributed by atoms with E-state index in [9.17, 15) is 14.4 Å². The van der Waals surface area contributed by atoms with Crippen molar-refractivity contribution in [2.45, 2.75) is 38.3 Å². The number of urea groups is 1. The lowest BCUT2D eigenvalue weighted by atomic mass is 10.1. The number of hydrogen-bond donors (Lipinski definition) is 1. The van der Waals surface area contributed by atoms with Crippen LogP contribution < -0.4 is 10.1 Å².